The van der Waals surface area contributed by atoms with Gasteiger partial charge < -0.3 is 5.32 Å². The van der Waals surface area contributed by atoms with Crippen LogP contribution in [0.1, 0.15) is 17.5 Å². The average Bonchev–Trinajstić information content (AvgIpc) is 2.49. The molecule has 2 aromatic rings. The Bertz CT molecular complexity index is 593. The summed E-state index contributed by atoms with van der Waals surface area (Å²) in [6.07, 6.45) is 2.81. The summed E-state index contributed by atoms with van der Waals surface area (Å²) in [5.74, 6) is 0. The van der Waals surface area contributed by atoms with E-state index < -0.39 is 0 Å². The molecule has 1 nitrogen and oxygen atoms in total. The van der Waals surface area contributed by atoms with Crippen LogP contribution < -0.4 is 5.32 Å². The van der Waals surface area contributed by atoms with Crippen molar-refractivity contribution in [2.24, 2.45) is 0 Å². The molecule has 0 unspecified atom stereocenters. The largest absolute Gasteiger partial charge is 0.388 e. The topological polar surface area (TPSA) is 12.0 Å². The van der Waals surface area contributed by atoms with Gasteiger partial charge in [0.05, 0.1) is 10.0 Å². The first kappa shape index (κ1) is 15.9. The molecule has 110 valence electrons. The van der Waals surface area contributed by atoms with Gasteiger partial charge in [0, 0.05) is 12.2 Å². The van der Waals surface area contributed by atoms with Crippen molar-refractivity contribution in [3.05, 3.63) is 82.0 Å². The van der Waals surface area contributed by atoms with Gasteiger partial charge in [-0.2, -0.15) is 0 Å². The van der Waals surface area contributed by atoms with Gasteiger partial charge in [0.1, 0.15) is 0 Å². The third-order valence-corrected chi connectivity index (χ3v) is 4.07. The summed E-state index contributed by atoms with van der Waals surface area (Å²) in [6.45, 7) is 4.98. The summed E-state index contributed by atoms with van der Waals surface area (Å²) in [4.78, 5) is 0. The van der Waals surface area contributed by atoms with E-state index in [1.54, 1.807) is 0 Å². The van der Waals surface area contributed by atoms with E-state index in [1.165, 1.54) is 11.1 Å². The average molecular weight is 320 g/mol. The minimum Gasteiger partial charge on any atom is -0.388 e. The predicted octanol–water partition coefficient (Wildman–Crippen LogP) is 5.27. The second-order valence-electron chi connectivity index (χ2n) is 5.01. The second kappa shape index (κ2) is 8.11. The van der Waals surface area contributed by atoms with Gasteiger partial charge in [-0.25, -0.2) is 0 Å². The van der Waals surface area contributed by atoms with Crippen LogP contribution in [0.4, 0.5) is 0 Å². The van der Waals surface area contributed by atoms with E-state index in [4.69, 9.17) is 23.2 Å². The molecular weight excluding hydrogens is 301 g/mol. The fourth-order valence-corrected chi connectivity index (χ4v) is 2.43. The van der Waals surface area contributed by atoms with Gasteiger partial charge >= 0.3 is 0 Å². The Kier molecular flexibility index (Phi) is 6.16. The lowest BCUT2D eigenvalue weighted by molar-refractivity contribution is 0.739. The molecule has 0 aliphatic carbocycles. The molecule has 0 heterocycles. The number of hydrogen-bond donors (Lipinski definition) is 1. The first-order chi connectivity index (χ1) is 10.1. The van der Waals surface area contributed by atoms with E-state index in [2.05, 4.69) is 36.2 Å². The first-order valence-electron chi connectivity index (χ1n) is 7.04. The maximum atomic E-state index is 6.01. The molecule has 2 rings (SSSR count). The van der Waals surface area contributed by atoms with Crippen LogP contribution in [0.15, 0.2) is 60.8 Å². The van der Waals surface area contributed by atoms with E-state index in [9.17, 15) is 0 Å². The monoisotopic (exact) mass is 319 g/mol. The van der Waals surface area contributed by atoms with E-state index >= 15 is 0 Å². The predicted molar refractivity (Wildman–Crippen MR) is 92.1 cm³/mol. The highest BCUT2D eigenvalue weighted by molar-refractivity contribution is 6.42. The Hall–Kier alpha value is -1.44. The Balaban J connectivity index is 1.71. The van der Waals surface area contributed by atoms with Gasteiger partial charge in [0.15, 0.2) is 0 Å². The number of nitrogens with one attached hydrogen (secondary N) is 1. The minimum absolute atomic E-state index is 0.597. The van der Waals surface area contributed by atoms with Gasteiger partial charge in [-0.05, 0) is 42.5 Å². The number of hydrogen-bond acceptors (Lipinski definition) is 1. The van der Waals surface area contributed by atoms with E-state index in [1.807, 2.05) is 24.3 Å². The third kappa shape index (κ3) is 5.45. The zero-order chi connectivity index (χ0) is 15.1. The lowest BCUT2D eigenvalue weighted by Gasteiger charge is -2.10. The van der Waals surface area contributed by atoms with Gasteiger partial charge in [-0.15, -0.1) is 0 Å². The molecule has 1 N–H and O–H groups in total. The van der Waals surface area contributed by atoms with Crippen LogP contribution in [0.5, 0.6) is 0 Å². The summed E-state index contributed by atoms with van der Waals surface area (Å²) < 4.78 is 0. The molecule has 3 heteroatoms. The van der Waals surface area contributed by atoms with E-state index in [0.29, 0.717) is 10.0 Å². The van der Waals surface area contributed by atoms with Crippen LogP contribution in [-0.2, 0) is 12.8 Å². The standard InChI is InChI=1S/C18H19Cl2N/c1-14(21-12-11-15-5-3-2-4-6-15)7-8-16-9-10-17(19)18(20)13-16/h2-6,9-10,13,21H,1,7-8,11-12H2. The maximum absolute atomic E-state index is 6.01. The molecule has 0 amide bonds. The zero-order valence-electron chi connectivity index (χ0n) is 11.9. The second-order valence-corrected chi connectivity index (χ2v) is 5.83. The number of allylic oxidation sites excluding steroid dienone is 1. The van der Waals surface area contributed by atoms with Crippen LogP contribution >= 0.6 is 23.2 Å². The summed E-state index contributed by atoms with van der Waals surface area (Å²) in [5.41, 5.74) is 3.56. The van der Waals surface area contributed by atoms with Crippen LogP contribution in [0.3, 0.4) is 0 Å². The first-order valence-corrected chi connectivity index (χ1v) is 7.80. The maximum Gasteiger partial charge on any atom is 0.0595 e. The Labute approximate surface area is 136 Å². The molecule has 0 radical (unpaired) electrons. The zero-order valence-corrected chi connectivity index (χ0v) is 13.4. The Morgan fingerprint density at radius 3 is 2.38 bits per heavy atom. The molecule has 0 atom stereocenters. The summed E-state index contributed by atoms with van der Waals surface area (Å²) in [6, 6.07) is 16.2. The van der Waals surface area contributed by atoms with Crippen molar-refractivity contribution in [1.29, 1.82) is 0 Å². The number of benzene rings is 2. The molecule has 0 aromatic heterocycles. The van der Waals surface area contributed by atoms with Crippen molar-refractivity contribution < 1.29 is 0 Å². The summed E-state index contributed by atoms with van der Waals surface area (Å²) in [5, 5.41) is 4.58. The van der Waals surface area contributed by atoms with Crippen LogP contribution in [0.25, 0.3) is 0 Å². The highest BCUT2D eigenvalue weighted by Gasteiger charge is 2.01. The van der Waals surface area contributed by atoms with Gasteiger partial charge in [0.25, 0.3) is 0 Å². The van der Waals surface area contributed by atoms with E-state index in [-0.39, 0.29) is 0 Å². The third-order valence-electron chi connectivity index (χ3n) is 3.33. The van der Waals surface area contributed by atoms with Crippen molar-refractivity contribution in [3.63, 3.8) is 0 Å². The van der Waals surface area contributed by atoms with Gasteiger partial charge in [-0.1, -0.05) is 66.2 Å². The molecule has 0 saturated carbocycles. The quantitative estimate of drug-likeness (QED) is 0.732. The number of rotatable bonds is 7. The number of aryl methyl sites for hydroxylation is 1. The number of halogens is 2. The van der Waals surface area contributed by atoms with Crippen LogP contribution in [0, 0.1) is 0 Å². The fraction of sp³-hybridized carbons (Fsp3) is 0.222. The molecule has 0 saturated heterocycles. The smallest absolute Gasteiger partial charge is 0.0595 e. The van der Waals surface area contributed by atoms with E-state index in [0.717, 1.165) is 31.5 Å². The highest BCUT2D eigenvalue weighted by atomic mass is 35.5. The highest BCUT2D eigenvalue weighted by Crippen LogP contribution is 2.23. The van der Waals surface area contributed by atoms with Gasteiger partial charge in [0.2, 0.25) is 0 Å². The molecule has 0 aliphatic rings. The molecule has 0 spiro atoms. The summed E-state index contributed by atoms with van der Waals surface area (Å²) >= 11 is 11.9. The van der Waals surface area contributed by atoms with Crippen LogP contribution in [0.2, 0.25) is 10.0 Å². The van der Waals surface area contributed by atoms with Gasteiger partial charge in [-0.3, -0.25) is 0 Å². The lowest BCUT2D eigenvalue weighted by atomic mass is 10.1. The van der Waals surface area contributed by atoms with Crippen molar-refractivity contribution in [2.75, 3.05) is 6.54 Å². The molecule has 21 heavy (non-hydrogen) atoms. The summed E-state index contributed by atoms with van der Waals surface area (Å²) in [7, 11) is 0. The fourth-order valence-electron chi connectivity index (χ4n) is 2.11. The normalized spacial score (nSPS) is 10.4. The Morgan fingerprint density at radius 1 is 0.905 bits per heavy atom. The molecule has 0 fully saturated rings. The van der Waals surface area contributed by atoms with Crippen molar-refractivity contribution in [3.8, 4) is 0 Å². The van der Waals surface area contributed by atoms with Crippen molar-refractivity contribution in [2.45, 2.75) is 19.3 Å². The molecule has 0 aliphatic heterocycles. The lowest BCUT2D eigenvalue weighted by Crippen LogP contribution is -2.16. The van der Waals surface area contributed by atoms with Crippen molar-refractivity contribution in [1.82, 2.24) is 5.32 Å². The molecule has 0 bridgehead atoms. The molecule has 2 aromatic carbocycles. The van der Waals surface area contributed by atoms with Crippen LogP contribution in [-0.4, -0.2) is 6.54 Å². The SMILES string of the molecule is C=C(CCc1ccc(Cl)c(Cl)c1)NCCc1ccccc1. The molecular formula is C18H19Cl2N. The Morgan fingerprint density at radius 2 is 1.67 bits per heavy atom. The minimum atomic E-state index is 0.597. The van der Waals surface area contributed by atoms with Crippen molar-refractivity contribution >= 4 is 23.2 Å².